The average molecular weight is 523 g/mol. The molecule has 2 aliphatic heterocycles. The zero-order chi connectivity index (χ0) is 26.7. The summed E-state index contributed by atoms with van der Waals surface area (Å²) in [6.07, 6.45) is 2.22. The van der Waals surface area contributed by atoms with Gasteiger partial charge in [0.15, 0.2) is 17.4 Å². The van der Waals surface area contributed by atoms with E-state index in [2.05, 4.69) is 21.2 Å². The number of benzene rings is 3. The molecule has 2 aliphatic rings. The molecule has 0 fully saturated rings. The third-order valence-electron chi connectivity index (χ3n) is 7.87. The maximum absolute atomic E-state index is 14.2. The van der Waals surface area contributed by atoms with Crippen molar-refractivity contribution in [3.63, 3.8) is 0 Å². The van der Waals surface area contributed by atoms with Crippen LogP contribution in [0.2, 0.25) is 0 Å². The van der Waals surface area contributed by atoms with Gasteiger partial charge in [-0.15, -0.1) is 0 Å². The molecule has 3 aromatic carbocycles. The second kappa shape index (κ2) is 8.97. The Morgan fingerprint density at radius 2 is 1.97 bits per heavy atom. The van der Waals surface area contributed by atoms with Crippen molar-refractivity contribution in [2.75, 3.05) is 18.0 Å². The highest BCUT2D eigenvalue weighted by Gasteiger charge is 2.31. The first-order chi connectivity index (χ1) is 19.0. The monoisotopic (exact) mass is 522 g/mol. The molecule has 2 amide bonds. The molecule has 7 rings (SSSR count). The predicted octanol–water partition coefficient (Wildman–Crippen LogP) is 5.57. The maximum atomic E-state index is 14.2. The van der Waals surface area contributed by atoms with Crippen LogP contribution in [-0.4, -0.2) is 49.3 Å². The largest absolute Gasteiger partial charge is 0.505 e. The van der Waals surface area contributed by atoms with Crippen molar-refractivity contribution in [3.05, 3.63) is 82.9 Å². The van der Waals surface area contributed by atoms with Crippen molar-refractivity contribution in [1.29, 1.82) is 0 Å². The molecule has 196 valence electrons. The number of phenols is 1. The average Bonchev–Trinajstić information content (AvgIpc) is 3.69. The van der Waals surface area contributed by atoms with Gasteiger partial charge in [0.2, 0.25) is 0 Å². The minimum atomic E-state index is -0.643. The lowest BCUT2D eigenvalue weighted by Gasteiger charge is -2.30. The first-order valence-electron chi connectivity index (χ1n) is 13.2. The van der Waals surface area contributed by atoms with Crippen molar-refractivity contribution in [3.8, 4) is 28.4 Å². The number of nitrogens with one attached hydrogen (secondary N) is 2. The SMILES string of the molecule is CCc1cc(O)c(F)cc1-c1ccc2c(-c3nc4c([nH]3)CN(C(=O)N3CCc5ccccc53)CC4)n[nH]c2c1. The van der Waals surface area contributed by atoms with Crippen molar-refractivity contribution in [2.45, 2.75) is 32.7 Å². The zero-order valence-electron chi connectivity index (χ0n) is 21.5. The minimum Gasteiger partial charge on any atom is -0.505 e. The molecule has 0 saturated carbocycles. The number of aromatic nitrogens is 4. The molecule has 2 aromatic heterocycles. The highest BCUT2D eigenvalue weighted by atomic mass is 19.1. The van der Waals surface area contributed by atoms with Gasteiger partial charge in [-0.3, -0.25) is 10.00 Å². The summed E-state index contributed by atoms with van der Waals surface area (Å²) in [7, 11) is 0. The summed E-state index contributed by atoms with van der Waals surface area (Å²) in [6.45, 7) is 3.76. The molecular weight excluding hydrogens is 495 g/mol. The molecule has 0 spiro atoms. The number of hydrogen-bond donors (Lipinski definition) is 3. The van der Waals surface area contributed by atoms with Gasteiger partial charge in [0.25, 0.3) is 0 Å². The molecule has 39 heavy (non-hydrogen) atoms. The molecule has 5 aromatic rings. The first-order valence-corrected chi connectivity index (χ1v) is 13.2. The summed E-state index contributed by atoms with van der Waals surface area (Å²) in [5, 5.41) is 18.3. The number of H-pyrrole nitrogens is 2. The number of carbonyl (C=O) groups is 1. The van der Waals surface area contributed by atoms with Crippen LogP contribution >= 0.6 is 0 Å². The summed E-state index contributed by atoms with van der Waals surface area (Å²) in [5.74, 6) is -0.326. The molecular formula is C30H27FN6O2. The summed E-state index contributed by atoms with van der Waals surface area (Å²) in [6, 6.07) is 16.8. The summed E-state index contributed by atoms with van der Waals surface area (Å²) in [5.41, 5.74) is 8.04. The van der Waals surface area contributed by atoms with Gasteiger partial charge >= 0.3 is 6.03 Å². The van der Waals surface area contributed by atoms with E-state index in [1.54, 1.807) is 0 Å². The fourth-order valence-corrected chi connectivity index (χ4v) is 5.81. The van der Waals surface area contributed by atoms with E-state index in [1.165, 1.54) is 17.7 Å². The molecule has 0 saturated heterocycles. The molecule has 0 aliphatic carbocycles. The van der Waals surface area contributed by atoms with Crippen molar-refractivity contribution >= 4 is 22.6 Å². The van der Waals surface area contributed by atoms with Gasteiger partial charge in [-0.25, -0.2) is 14.2 Å². The summed E-state index contributed by atoms with van der Waals surface area (Å²) >= 11 is 0. The van der Waals surface area contributed by atoms with Gasteiger partial charge in [-0.2, -0.15) is 5.10 Å². The fraction of sp³-hybridized carbons (Fsp3) is 0.233. The topological polar surface area (TPSA) is 101 Å². The number of urea groups is 1. The first kappa shape index (κ1) is 23.5. The fourth-order valence-electron chi connectivity index (χ4n) is 5.81. The van der Waals surface area contributed by atoms with E-state index in [4.69, 9.17) is 4.98 Å². The second-order valence-electron chi connectivity index (χ2n) is 10.1. The Hall–Kier alpha value is -4.66. The Bertz CT molecular complexity index is 1760. The number of aryl methyl sites for hydroxylation is 1. The Morgan fingerprint density at radius 3 is 2.85 bits per heavy atom. The Balaban J connectivity index is 1.16. The highest BCUT2D eigenvalue weighted by molar-refractivity contribution is 5.95. The third-order valence-corrected chi connectivity index (χ3v) is 7.87. The van der Waals surface area contributed by atoms with Gasteiger partial charge in [0, 0.05) is 30.6 Å². The van der Waals surface area contributed by atoms with Crippen molar-refractivity contribution < 1.29 is 14.3 Å². The molecule has 0 bridgehead atoms. The van der Waals surface area contributed by atoms with Crippen molar-refractivity contribution in [2.24, 2.45) is 0 Å². The Labute approximate surface area is 224 Å². The lowest BCUT2D eigenvalue weighted by atomic mass is 9.96. The van der Waals surface area contributed by atoms with E-state index >= 15 is 0 Å². The number of phenolic OH excluding ortho intramolecular Hbond substituents is 1. The minimum absolute atomic E-state index is 0.0246. The molecule has 0 atom stereocenters. The van der Waals surface area contributed by atoms with E-state index in [0.29, 0.717) is 44.0 Å². The number of amides is 2. The molecule has 0 unspecified atom stereocenters. The lowest BCUT2D eigenvalue weighted by molar-refractivity contribution is 0.198. The van der Waals surface area contributed by atoms with Crippen LogP contribution in [0.4, 0.5) is 14.9 Å². The number of imidazole rings is 1. The summed E-state index contributed by atoms with van der Waals surface area (Å²) < 4.78 is 14.2. The standard InChI is InChI=1S/C30H27FN6O2/c1-2-17-14-27(38)22(31)15-21(17)19-7-8-20-24(13-19)34-35-28(20)29-32-23-10-11-36(16-25(23)33-29)30(39)37-12-9-18-5-3-4-6-26(18)37/h3-8,13-15,38H,2,9-12,16H2,1H3,(H,32,33)(H,34,35). The van der Waals surface area contributed by atoms with E-state index in [-0.39, 0.29) is 11.8 Å². The Kier molecular flexibility index (Phi) is 5.40. The van der Waals surface area contributed by atoms with Gasteiger partial charge in [-0.05, 0) is 65.4 Å². The number of hydrogen-bond acceptors (Lipinski definition) is 4. The van der Waals surface area contributed by atoms with Crippen LogP contribution in [-0.2, 0) is 25.8 Å². The second-order valence-corrected chi connectivity index (χ2v) is 10.1. The van der Waals surface area contributed by atoms with Crippen LogP contribution in [0.25, 0.3) is 33.5 Å². The van der Waals surface area contributed by atoms with E-state index in [9.17, 15) is 14.3 Å². The van der Waals surface area contributed by atoms with Crippen LogP contribution < -0.4 is 4.90 Å². The lowest BCUT2D eigenvalue weighted by Crippen LogP contribution is -2.44. The number of nitrogens with zero attached hydrogens (tertiary/aromatic N) is 4. The molecule has 0 radical (unpaired) electrons. The number of aromatic hydroxyl groups is 1. The van der Waals surface area contributed by atoms with Crippen LogP contribution in [0.3, 0.4) is 0 Å². The molecule has 4 heterocycles. The quantitative estimate of drug-likeness (QED) is 0.288. The van der Waals surface area contributed by atoms with Gasteiger partial charge in [0.05, 0.1) is 23.4 Å². The van der Waals surface area contributed by atoms with Crippen LogP contribution in [0.5, 0.6) is 5.75 Å². The predicted molar refractivity (Wildman–Crippen MR) is 147 cm³/mol. The van der Waals surface area contributed by atoms with Crippen LogP contribution in [0.15, 0.2) is 54.6 Å². The van der Waals surface area contributed by atoms with Gasteiger partial charge < -0.3 is 15.0 Å². The van der Waals surface area contributed by atoms with Crippen molar-refractivity contribution in [1.82, 2.24) is 25.1 Å². The molecule has 3 N–H and O–H groups in total. The smallest absolute Gasteiger partial charge is 0.324 e. The number of fused-ring (bicyclic) bond motifs is 3. The number of rotatable bonds is 3. The Morgan fingerprint density at radius 1 is 1.10 bits per heavy atom. The number of halogens is 1. The number of anilines is 1. The van der Waals surface area contributed by atoms with Crippen LogP contribution in [0, 0.1) is 5.82 Å². The molecule has 9 heteroatoms. The van der Waals surface area contributed by atoms with E-state index in [0.717, 1.165) is 51.1 Å². The number of aromatic amines is 2. The summed E-state index contributed by atoms with van der Waals surface area (Å²) in [4.78, 5) is 25.4. The normalized spacial score (nSPS) is 14.6. The highest BCUT2D eigenvalue weighted by Crippen LogP contribution is 2.34. The number of carbonyl (C=O) groups excluding carboxylic acids is 1. The third kappa shape index (κ3) is 3.84. The van der Waals surface area contributed by atoms with Crippen LogP contribution in [0.1, 0.15) is 29.4 Å². The van der Waals surface area contributed by atoms with Gasteiger partial charge in [-0.1, -0.05) is 31.2 Å². The zero-order valence-corrected chi connectivity index (χ0v) is 21.5. The van der Waals surface area contributed by atoms with Gasteiger partial charge in [0.1, 0.15) is 5.69 Å². The number of para-hydroxylation sites is 1. The van der Waals surface area contributed by atoms with E-state index < -0.39 is 5.82 Å². The maximum Gasteiger partial charge on any atom is 0.324 e. The molecule has 8 nitrogen and oxygen atoms in total. The van der Waals surface area contributed by atoms with E-state index in [1.807, 2.05) is 53.1 Å².